The van der Waals surface area contributed by atoms with Crippen LogP contribution in [0.2, 0.25) is 0 Å². The molecule has 0 unspecified atom stereocenters. The second-order valence-corrected chi connectivity index (χ2v) is 6.12. The van der Waals surface area contributed by atoms with Crippen molar-refractivity contribution in [3.05, 3.63) is 60.4 Å². The first-order valence-corrected chi connectivity index (χ1v) is 8.54. The Morgan fingerprint density at radius 2 is 2.12 bits per heavy atom. The maximum absolute atomic E-state index is 12.8. The molecule has 0 saturated carbocycles. The van der Waals surface area contributed by atoms with E-state index in [1.54, 1.807) is 24.5 Å². The topological polar surface area (TPSA) is 98.7 Å². The SMILES string of the molecule is CCC[C@@H](NC(=O)c1cccc(-c2cnc(N)cn2)c1)c1nccn1C. The summed E-state index contributed by atoms with van der Waals surface area (Å²) in [4.78, 5) is 25.5. The fourth-order valence-corrected chi connectivity index (χ4v) is 2.82. The van der Waals surface area contributed by atoms with Gasteiger partial charge in [0.2, 0.25) is 0 Å². The molecule has 0 bridgehead atoms. The lowest BCUT2D eigenvalue weighted by Gasteiger charge is -2.18. The highest BCUT2D eigenvalue weighted by molar-refractivity contribution is 5.95. The average molecular weight is 350 g/mol. The zero-order valence-electron chi connectivity index (χ0n) is 14.9. The van der Waals surface area contributed by atoms with Crippen molar-refractivity contribution in [2.45, 2.75) is 25.8 Å². The zero-order valence-corrected chi connectivity index (χ0v) is 14.9. The van der Waals surface area contributed by atoms with Gasteiger partial charge in [-0.3, -0.25) is 9.78 Å². The first-order valence-electron chi connectivity index (χ1n) is 8.54. The summed E-state index contributed by atoms with van der Waals surface area (Å²) in [5.41, 5.74) is 7.63. The van der Waals surface area contributed by atoms with E-state index in [1.807, 2.05) is 29.9 Å². The van der Waals surface area contributed by atoms with E-state index in [1.165, 1.54) is 6.20 Å². The normalized spacial score (nSPS) is 11.9. The fourth-order valence-electron chi connectivity index (χ4n) is 2.82. The monoisotopic (exact) mass is 350 g/mol. The lowest BCUT2D eigenvalue weighted by molar-refractivity contribution is 0.0932. The number of carbonyl (C=O) groups is 1. The molecule has 1 aromatic carbocycles. The number of nitrogens with two attached hydrogens (primary N) is 1. The molecule has 3 rings (SSSR count). The van der Waals surface area contributed by atoms with Gasteiger partial charge in [-0.1, -0.05) is 25.5 Å². The molecule has 0 aliphatic rings. The third-order valence-electron chi connectivity index (χ3n) is 4.15. The van der Waals surface area contributed by atoms with Crippen LogP contribution in [0.3, 0.4) is 0 Å². The minimum atomic E-state index is -0.142. The molecule has 0 spiro atoms. The number of hydrogen-bond acceptors (Lipinski definition) is 5. The maximum Gasteiger partial charge on any atom is 0.251 e. The Morgan fingerprint density at radius 1 is 1.27 bits per heavy atom. The molecule has 2 heterocycles. The van der Waals surface area contributed by atoms with Gasteiger partial charge >= 0.3 is 0 Å². The number of anilines is 1. The van der Waals surface area contributed by atoms with Crippen molar-refractivity contribution >= 4 is 11.7 Å². The van der Waals surface area contributed by atoms with E-state index in [2.05, 4.69) is 27.2 Å². The number of nitrogens with one attached hydrogen (secondary N) is 1. The van der Waals surface area contributed by atoms with Gasteiger partial charge in [-0.2, -0.15) is 0 Å². The van der Waals surface area contributed by atoms with Crippen LogP contribution in [0.4, 0.5) is 5.82 Å². The number of aromatic nitrogens is 4. The summed E-state index contributed by atoms with van der Waals surface area (Å²) >= 11 is 0. The number of nitrogens with zero attached hydrogens (tertiary/aromatic N) is 4. The number of hydrogen-bond donors (Lipinski definition) is 2. The van der Waals surface area contributed by atoms with Crippen molar-refractivity contribution in [2.24, 2.45) is 7.05 Å². The molecule has 0 saturated heterocycles. The summed E-state index contributed by atoms with van der Waals surface area (Å²) in [5.74, 6) is 1.07. The predicted octanol–water partition coefficient (Wildman–Crippen LogP) is 2.73. The fraction of sp³-hybridized carbons (Fsp3) is 0.263. The molecule has 1 atom stereocenters. The smallest absolute Gasteiger partial charge is 0.251 e. The van der Waals surface area contributed by atoms with Crippen LogP contribution in [0.15, 0.2) is 49.1 Å². The third kappa shape index (κ3) is 3.88. The lowest BCUT2D eigenvalue weighted by Crippen LogP contribution is -2.30. The number of nitrogen functional groups attached to an aromatic ring is 1. The summed E-state index contributed by atoms with van der Waals surface area (Å²) in [6.45, 7) is 2.09. The molecule has 0 radical (unpaired) electrons. The van der Waals surface area contributed by atoms with Gasteiger partial charge in [-0.15, -0.1) is 0 Å². The van der Waals surface area contributed by atoms with Gasteiger partial charge < -0.3 is 15.6 Å². The van der Waals surface area contributed by atoms with Crippen molar-refractivity contribution in [2.75, 3.05) is 5.73 Å². The third-order valence-corrected chi connectivity index (χ3v) is 4.15. The Kier molecular flexibility index (Phi) is 5.26. The van der Waals surface area contributed by atoms with E-state index < -0.39 is 0 Å². The molecular weight excluding hydrogens is 328 g/mol. The molecule has 3 N–H and O–H groups in total. The van der Waals surface area contributed by atoms with E-state index in [0.717, 1.165) is 24.2 Å². The number of aryl methyl sites for hydroxylation is 1. The minimum absolute atomic E-state index is 0.132. The van der Waals surface area contributed by atoms with E-state index in [-0.39, 0.29) is 11.9 Å². The van der Waals surface area contributed by atoms with Gasteiger partial charge in [0.15, 0.2) is 0 Å². The predicted molar refractivity (Wildman–Crippen MR) is 100 cm³/mol. The van der Waals surface area contributed by atoms with Gasteiger partial charge in [-0.05, 0) is 18.6 Å². The van der Waals surface area contributed by atoms with Crippen LogP contribution in [-0.2, 0) is 7.05 Å². The maximum atomic E-state index is 12.8. The summed E-state index contributed by atoms with van der Waals surface area (Å²) in [5, 5.41) is 3.09. The van der Waals surface area contributed by atoms with E-state index >= 15 is 0 Å². The molecular formula is C19H22N6O. The quantitative estimate of drug-likeness (QED) is 0.712. The minimum Gasteiger partial charge on any atom is -0.382 e. The van der Waals surface area contributed by atoms with Gasteiger partial charge in [0, 0.05) is 30.6 Å². The second-order valence-electron chi connectivity index (χ2n) is 6.12. The molecule has 3 aromatic rings. The summed E-state index contributed by atoms with van der Waals surface area (Å²) in [6, 6.07) is 7.17. The van der Waals surface area contributed by atoms with Gasteiger partial charge in [-0.25, -0.2) is 9.97 Å². The summed E-state index contributed by atoms with van der Waals surface area (Å²) in [6.07, 6.45) is 8.48. The van der Waals surface area contributed by atoms with E-state index in [4.69, 9.17) is 5.73 Å². The van der Waals surface area contributed by atoms with Crippen LogP contribution in [0, 0.1) is 0 Å². The van der Waals surface area contributed by atoms with Crippen LogP contribution in [0.25, 0.3) is 11.3 Å². The Labute approximate surface area is 152 Å². The Bertz CT molecular complexity index is 887. The van der Waals surface area contributed by atoms with Crippen molar-refractivity contribution in [1.82, 2.24) is 24.8 Å². The Morgan fingerprint density at radius 3 is 2.77 bits per heavy atom. The van der Waals surface area contributed by atoms with Crippen LogP contribution in [0.1, 0.15) is 42.0 Å². The standard InChI is InChI=1S/C19H22N6O/c1-3-5-15(18-21-8-9-25(18)2)24-19(26)14-7-4-6-13(10-14)16-11-23-17(20)12-22-16/h4,6-12,15H,3,5H2,1-2H3,(H2,20,23)(H,24,26)/t15-/m1/s1. The first kappa shape index (κ1) is 17.6. The highest BCUT2D eigenvalue weighted by Crippen LogP contribution is 2.20. The number of imidazole rings is 1. The number of benzene rings is 1. The Balaban J connectivity index is 1.82. The molecule has 0 aliphatic heterocycles. The molecule has 0 fully saturated rings. The van der Waals surface area contributed by atoms with E-state index in [0.29, 0.717) is 17.1 Å². The van der Waals surface area contributed by atoms with Gasteiger partial charge in [0.05, 0.1) is 24.1 Å². The van der Waals surface area contributed by atoms with Crippen molar-refractivity contribution in [3.63, 3.8) is 0 Å². The molecule has 7 nitrogen and oxygen atoms in total. The van der Waals surface area contributed by atoms with Crippen LogP contribution >= 0.6 is 0 Å². The van der Waals surface area contributed by atoms with Crippen LogP contribution in [-0.4, -0.2) is 25.4 Å². The highest BCUT2D eigenvalue weighted by Gasteiger charge is 2.19. The molecule has 1 amide bonds. The number of amides is 1. The molecule has 26 heavy (non-hydrogen) atoms. The summed E-state index contributed by atoms with van der Waals surface area (Å²) in [7, 11) is 1.93. The number of rotatable bonds is 6. The number of carbonyl (C=O) groups excluding carboxylic acids is 1. The van der Waals surface area contributed by atoms with Crippen molar-refractivity contribution < 1.29 is 4.79 Å². The van der Waals surface area contributed by atoms with Gasteiger partial charge in [0.25, 0.3) is 5.91 Å². The molecule has 0 aliphatic carbocycles. The lowest BCUT2D eigenvalue weighted by atomic mass is 10.1. The van der Waals surface area contributed by atoms with Gasteiger partial charge in [0.1, 0.15) is 11.6 Å². The van der Waals surface area contributed by atoms with Crippen molar-refractivity contribution in [3.8, 4) is 11.3 Å². The Hall–Kier alpha value is -3.22. The first-order chi connectivity index (χ1) is 12.6. The van der Waals surface area contributed by atoms with Crippen LogP contribution < -0.4 is 11.1 Å². The molecule has 134 valence electrons. The highest BCUT2D eigenvalue weighted by atomic mass is 16.1. The largest absolute Gasteiger partial charge is 0.382 e. The van der Waals surface area contributed by atoms with Crippen LogP contribution in [0.5, 0.6) is 0 Å². The average Bonchev–Trinajstić information content (AvgIpc) is 3.08. The second kappa shape index (κ2) is 7.77. The van der Waals surface area contributed by atoms with E-state index in [9.17, 15) is 4.79 Å². The molecule has 7 heteroatoms. The zero-order chi connectivity index (χ0) is 18.5. The molecule has 2 aromatic heterocycles. The van der Waals surface area contributed by atoms with Crippen molar-refractivity contribution in [1.29, 1.82) is 0 Å². The summed E-state index contributed by atoms with van der Waals surface area (Å²) < 4.78 is 1.93.